The zero-order valence-corrected chi connectivity index (χ0v) is 15.2. The molecule has 0 N–H and O–H groups in total. The fraction of sp³-hybridized carbons (Fsp3) is 0.364. The second kappa shape index (κ2) is 7.61. The van der Waals surface area contributed by atoms with E-state index < -0.39 is 11.9 Å². The summed E-state index contributed by atoms with van der Waals surface area (Å²) in [6, 6.07) is 15.9. The van der Waals surface area contributed by atoms with Crippen molar-refractivity contribution in [2.45, 2.75) is 31.7 Å². The molecule has 27 heavy (non-hydrogen) atoms. The normalized spacial score (nSPS) is 21.8. The molecule has 0 aliphatic carbocycles. The molecule has 0 spiro atoms. The third-order valence-corrected chi connectivity index (χ3v) is 5.67. The molecule has 0 saturated carbocycles. The minimum atomic E-state index is -0.540. The molecule has 2 aliphatic heterocycles. The first kappa shape index (κ1) is 17.9. The Bertz CT molecular complexity index is 831. The molecule has 4 nitrogen and oxygen atoms in total. The molecule has 140 valence electrons. The largest absolute Gasteiger partial charge is 0.292 e. The number of likely N-dealkylation sites (tertiary alicyclic amines) is 1. The van der Waals surface area contributed by atoms with Crippen molar-refractivity contribution >= 4 is 17.5 Å². The minimum absolute atomic E-state index is 0.0639. The van der Waals surface area contributed by atoms with Crippen LogP contribution in [0.25, 0.3) is 0 Å². The molecule has 2 saturated heterocycles. The second-order valence-electron chi connectivity index (χ2n) is 7.41. The van der Waals surface area contributed by atoms with Crippen molar-refractivity contribution in [3.8, 4) is 0 Å². The first-order valence-electron chi connectivity index (χ1n) is 9.53. The van der Waals surface area contributed by atoms with Crippen molar-refractivity contribution in [2.75, 3.05) is 18.0 Å². The van der Waals surface area contributed by atoms with Crippen molar-refractivity contribution in [2.24, 2.45) is 5.92 Å². The van der Waals surface area contributed by atoms with Crippen LogP contribution in [0.15, 0.2) is 54.6 Å². The first-order chi connectivity index (χ1) is 13.1. The number of nitrogens with zero attached hydrogens (tertiary/aromatic N) is 2. The Kier molecular flexibility index (Phi) is 5.03. The van der Waals surface area contributed by atoms with Crippen LogP contribution < -0.4 is 4.90 Å². The summed E-state index contributed by atoms with van der Waals surface area (Å²) in [5.74, 6) is -0.562. The number of anilines is 1. The molecule has 0 unspecified atom stereocenters. The number of benzene rings is 2. The zero-order chi connectivity index (χ0) is 18.8. The van der Waals surface area contributed by atoms with Crippen molar-refractivity contribution in [1.82, 2.24) is 4.90 Å². The van der Waals surface area contributed by atoms with E-state index in [1.165, 1.54) is 17.7 Å². The number of carbonyl (C=O) groups excluding carboxylic acids is 2. The Morgan fingerprint density at radius 3 is 2.30 bits per heavy atom. The highest BCUT2D eigenvalue weighted by Gasteiger charge is 2.44. The molecular formula is C22H23FN2O2. The number of rotatable bonds is 4. The van der Waals surface area contributed by atoms with Gasteiger partial charge in [0, 0.05) is 0 Å². The van der Waals surface area contributed by atoms with Crippen LogP contribution in [0.4, 0.5) is 10.1 Å². The molecule has 2 amide bonds. The number of amides is 2. The Labute approximate surface area is 158 Å². The van der Waals surface area contributed by atoms with E-state index in [-0.39, 0.29) is 23.9 Å². The fourth-order valence-corrected chi connectivity index (χ4v) is 4.20. The van der Waals surface area contributed by atoms with E-state index in [0.717, 1.165) is 37.3 Å². The molecule has 2 aliphatic rings. The molecule has 0 radical (unpaired) electrons. The summed E-state index contributed by atoms with van der Waals surface area (Å²) in [6.45, 7) is 1.60. The standard InChI is InChI=1S/C22H23FN2O2/c23-18-8-4-5-9-19(18)25-21(26)15-20(22(25)27)24-12-10-17(11-13-24)14-16-6-2-1-3-7-16/h1-9,17,20H,10-15H2/t20-/m0/s1. The highest BCUT2D eigenvalue weighted by molar-refractivity contribution is 6.22. The number of hydrogen-bond acceptors (Lipinski definition) is 3. The number of halogens is 1. The molecule has 4 rings (SSSR count). The molecule has 2 fully saturated rings. The molecule has 2 heterocycles. The number of imide groups is 1. The molecule has 0 bridgehead atoms. The maximum absolute atomic E-state index is 14.1. The van der Waals surface area contributed by atoms with E-state index in [1.807, 2.05) is 6.07 Å². The van der Waals surface area contributed by atoms with Gasteiger partial charge in [0.15, 0.2) is 0 Å². The van der Waals surface area contributed by atoms with Gasteiger partial charge in [-0.3, -0.25) is 14.5 Å². The summed E-state index contributed by atoms with van der Waals surface area (Å²) in [5.41, 5.74) is 1.41. The second-order valence-corrected chi connectivity index (χ2v) is 7.41. The van der Waals surface area contributed by atoms with Gasteiger partial charge in [0.25, 0.3) is 5.91 Å². The van der Waals surface area contributed by atoms with Crippen LogP contribution in [-0.2, 0) is 16.0 Å². The molecule has 5 heteroatoms. The van der Waals surface area contributed by atoms with Gasteiger partial charge in [0.05, 0.1) is 18.2 Å². The summed E-state index contributed by atoms with van der Waals surface area (Å²) in [4.78, 5) is 28.4. The predicted molar refractivity (Wildman–Crippen MR) is 102 cm³/mol. The molecule has 0 aromatic heterocycles. The van der Waals surface area contributed by atoms with Crippen molar-refractivity contribution < 1.29 is 14.0 Å². The summed E-state index contributed by atoms with van der Waals surface area (Å²) in [5, 5.41) is 0. The van der Waals surface area contributed by atoms with Crippen LogP contribution in [0.2, 0.25) is 0 Å². The SMILES string of the molecule is O=C1C[C@H](N2CCC(Cc3ccccc3)CC2)C(=O)N1c1ccccc1F. The predicted octanol–water partition coefficient (Wildman–Crippen LogP) is 3.41. The van der Waals surface area contributed by atoms with E-state index >= 15 is 0 Å². The monoisotopic (exact) mass is 366 g/mol. The molecular weight excluding hydrogens is 343 g/mol. The lowest BCUT2D eigenvalue weighted by molar-refractivity contribution is -0.123. The van der Waals surface area contributed by atoms with E-state index in [0.29, 0.717) is 5.92 Å². The summed E-state index contributed by atoms with van der Waals surface area (Å²) < 4.78 is 14.1. The smallest absolute Gasteiger partial charge is 0.251 e. The van der Waals surface area contributed by atoms with Crippen LogP contribution >= 0.6 is 0 Å². The lowest BCUT2D eigenvalue weighted by Gasteiger charge is -2.34. The highest BCUT2D eigenvalue weighted by atomic mass is 19.1. The first-order valence-corrected chi connectivity index (χ1v) is 9.53. The maximum Gasteiger partial charge on any atom is 0.251 e. The summed E-state index contributed by atoms with van der Waals surface area (Å²) >= 11 is 0. The number of piperidine rings is 1. The number of hydrogen-bond donors (Lipinski definition) is 0. The third kappa shape index (κ3) is 3.65. The van der Waals surface area contributed by atoms with Crippen molar-refractivity contribution in [1.29, 1.82) is 0 Å². The quantitative estimate of drug-likeness (QED) is 0.779. The Balaban J connectivity index is 1.40. The van der Waals surface area contributed by atoms with Crippen molar-refractivity contribution in [3.05, 3.63) is 66.0 Å². The van der Waals surface area contributed by atoms with Gasteiger partial charge in [0.2, 0.25) is 5.91 Å². The van der Waals surface area contributed by atoms with Gasteiger partial charge in [-0.1, -0.05) is 42.5 Å². The lowest BCUT2D eigenvalue weighted by atomic mass is 9.89. The van der Waals surface area contributed by atoms with Gasteiger partial charge >= 0.3 is 0 Å². The highest BCUT2D eigenvalue weighted by Crippen LogP contribution is 2.30. The Morgan fingerprint density at radius 2 is 1.59 bits per heavy atom. The van der Waals surface area contributed by atoms with Gasteiger partial charge in [-0.2, -0.15) is 0 Å². The van der Waals surface area contributed by atoms with E-state index in [4.69, 9.17) is 0 Å². The van der Waals surface area contributed by atoms with Crippen LogP contribution in [0.3, 0.4) is 0 Å². The topological polar surface area (TPSA) is 40.6 Å². The van der Waals surface area contributed by atoms with Crippen LogP contribution in [0.5, 0.6) is 0 Å². The molecule has 2 aromatic rings. The van der Waals surface area contributed by atoms with Crippen LogP contribution in [0, 0.1) is 11.7 Å². The average Bonchev–Trinajstić information content (AvgIpc) is 2.98. The summed E-state index contributed by atoms with van der Waals surface area (Å²) in [6.07, 6.45) is 3.20. The third-order valence-electron chi connectivity index (χ3n) is 5.67. The fourth-order valence-electron chi connectivity index (χ4n) is 4.20. The van der Waals surface area contributed by atoms with Gasteiger partial charge < -0.3 is 0 Å². The summed E-state index contributed by atoms with van der Waals surface area (Å²) in [7, 11) is 0. The molecule has 2 aromatic carbocycles. The zero-order valence-electron chi connectivity index (χ0n) is 15.2. The van der Waals surface area contributed by atoms with Crippen molar-refractivity contribution in [3.63, 3.8) is 0 Å². The Hall–Kier alpha value is -2.53. The molecule has 1 atom stereocenters. The lowest BCUT2D eigenvalue weighted by Crippen LogP contribution is -2.46. The minimum Gasteiger partial charge on any atom is -0.292 e. The average molecular weight is 366 g/mol. The maximum atomic E-state index is 14.1. The van der Waals surface area contributed by atoms with E-state index in [1.54, 1.807) is 12.1 Å². The van der Waals surface area contributed by atoms with E-state index in [9.17, 15) is 14.0 Å². The van der Waals surface area contributed by atoms with Gasteiger partial charge in [-0.15, -0.1) is 0 Å². The van der Waals surface area contributed by atoms with Gasteiger partial charge in [0.1, 0.15) is 5.82 Å². The van der Waals surface area contributed by atoms with Crippen LogP contribution in [0.1, 0.15) is 24.8 Å². The Morgan fingerprint density at radius 1 is 0.926 bits per heavy atom. The van der Waals surface area contributed by atoms with Crippen LogP contribution in [-0.4, -0.2) is 35.8 Å². The number of para-hydroxylation sites is 1. The van der Waals surface area contributed by atoms with E-state index in [2.05, 4.69) is 29.2 Å². The number of carbonyl (C=O) groups is 2. The van der Waals surface area contributed by atoms with Gasteiger partial charge in [-0.05, 0) is 56.0 Å². The van der Waals surface area contributed by atoms with Gasteiger partial charge in [-0.25, -0.2) is 9.29 Å².